The molecule has 0 aliphatic carbocycles. The summed E-state index contributed by atoms with van der Waals surface area (Å²) in [6.07, 6.45) is 0. The zero-order chi connectivity index (χ0) is 19.4. The van der Waals surface area contributed by atoms with Gasteiger partial charge in [0.05, 0.1) is 26.2 Å². The summed E-state index contributed by atoms with van der Waals surface area (Å²) in [4.78, 5) is 56.6. The largest absolute Gasteiger partial charge is 0.480 e. The van der Waals surface area contributed by atoms with Crippen LogP contribution in [0.5, 0.6) is 0 Å². The Morgan fingerprint density at radius 1 is 0.720 bits per heavy atom. The van der Waals surface area contributed by atoms with E-state index in [1.165, 1.54) is 0 Å². The zero-order valence-corrected chi connectivity index (χ0v) is 13.5. The summed E-state index contributed by atoms with van der Waals surface area (Å²) in [5.74, 6) is -5.24. The molecule has 12 heteroatoms. The van der Waals surface area contributed by atoms with Crippen molar-refractivity contribution in [1.82, 2.24) is 9.80 Å². The highest BCUT2D eigenvalue weighted by Crippen LogP contribution is 1.96. The highest BCUT2D eigenvalue weighted by molar-refractivity contribution is 5.74. The smallest absolute Gasteiger partial charge is 0.323 e. The number of hydrogen-bond acceptors (Lipinski definition) is 9. The second kappa shape index (κ2) is 11.8. The minimum atomic E-state index is -1.24. The lowest BCUT2D eigenvalue weighted by Gasteiger charge is -2.24. The molecule has 0 heterocycles. The summed E-state index contributed by atoms with van der Waals surface area (Å²) in [6, 6.07) is 0. The molecule has 0 amide bonds. The lowest BCUT2D eigenvalue weighted by Crippen LogP contribution is -2.43. The molecule has 0 fully saturated rings. The van der Waals surface area contributed by atoms with Crippen molar-refractivity contribution in [1.29, 1.82) is 0 Å². The molecule has 142 valence electrons. The molecule has 0 rings (SSSR count). The van der Waals surface area contributed by atoms with Crippen molar-refractivity contribution in [2.45, 2.75) is 6.92 Å². The highest BCUT2D eigenvalue weighted by Gasteiger charge is 2.19. The average molecular weight is 364 g/mol. The summed E-state index contributed by atoms with van der Waals surface area (Å²) in [5, 5.41) is 26.3. The minimum Gasteiger partial charge on any atom is -0.480 e. The number of carbonyl (C=O) groups is 5. The van der Waals surface area contributed by atoms with Crippen molar-refractivity contribution in [2.75, 3.05) is 46.1 Å². The van der Waals surface area contributed by atoms with Gasteiger partial charge in [0.2, 0.25) is 6.79 Å². The Morgan fingerprint density at radius 3 is 1.48 bits per heavy atom. The number of rotatable bonds is 13. The molecule has 0 aliphatic heterocycles. The minimum absolute atomic E-state index is 0.0878. The Kier molecular flexibility index (Phi) is 10.5. The van der Waals surface area contributed by atoms with Gasteiger partial charge in [-0.25, -0.2) is 0 Å². The Morgan fingerprint density at radius 2 is 1.12 bits per heavy atom. The van der Waals surface area contributed by atoms with Crippen LogP contribution in [0.1, 0.15) is 6.92 Å². The van der Waals surface area contributed by atoms with Gasteiger partial charge in [0.1, 0.15) is 0 Å². The molecular formula is C13H20N2O10. The molecule has 0 aromatic rings. The van der Waals surface area contributed by atoms with Gasteiger partial charge in [-0.2, -0.15) is 0 Å². The lowest BCUT2D eigenvalue weighted by atomic mass is 10.4. The maximum absolute atomic E-state index is 11.6. The maximum Gasteiger partial charge on any atom is 0.323 e. The van der Waals surface area contributed by atoms with E-state index in [1.807, 2.05) is 0 Å². The Balaban J connectivity index is 4.59. The van der Waals surface area contributed by atoms with Crippen LogP contribution in [0.2, 0.25) is 0 Å². The van der Waals surface area contributed by atoms with E-state index in [1.54, 1.807) is 0 Å². The van der Waals surface area contributed by atoms with E-state index in [0.717, 1.165) is 16.7 Å². The molecule has 12 nitrogen and oxygen atoms in total. The molecule has 0 unspecified atom stereocenters. The molecule has 3 N–H and O–H groups in total. The van der Waals surface area contributed by atoms with E-state index < -0.39 is 62.8 Å². The number of nitrogens with zero attached hydrogens (tertiary/aromatic N) is 2. The van der Waals surface area contributed by atoms with Gasteiger partial charge < -0.3 is 24.8 Å². The zero-order valence-electron chi connectivity index (χ0n) is 13.5. The monoisotopic (exact) mass is 364 g/mol. The molecule has 0 bridgehead atoms. The SMILES string of the molecule is CC(=O)OCOC(=O)CN(CCN(CC(=O)O)CC(=O)O)CC(=O)O. The van der Waals surface area contributed by atoms with E-state index in [4.69, 9.17) is 15.3 Å². The van der Waals surface area contributed by atoms with Gasteiger partial charge in [0, 0.05) is 20.0 Å². The summed E-state index contributed by atoms with van der Waals surface area (Å²) < 4.78 is 8.99. The maximum atomic E-state index is 11.6. The van der Waals surface area contributed by atoms with E-state index in [9.17, 15) is 24.0 Å². The Hall–Kier alpha value is -2.73. The first kappa shape index (κ1) is 22.3. The molecule has 0 saturated carbocycles. The van der Waals surface area contributed by atoms with Crippen LogP contribution in [-0.4, -0.2) is 101 Å². The van der Waals surface area contributed by atoms with Crippen LogP contribution in [0.15, 0.2) is 0 Å². The normalized spacial score (nSPS) is 10.5. The van der Waals surface area contributed by atoms with Gasteiger partial charge in [-0.05, 0) is 0 Å². The standard InChI is InChI=1S/C13H20N2O10/c1-9(16)24-8-25-13(23)7-15(6-12(21)22)3-2-14(4-10(17)18)5-11(19)20/h2-8H2,1H3,(H,17,18)(H,19,20)(H,21,22). The van der Waals surface area contributed by atoms with Crippen molar-refractivity contribution < 1.29 is 48.8 Å². The third-order valence-corrected chi connectivity index (χ3v) is 2.64. The average Bonchev–Trinajstić information content (AvgIpc) is 2.42. The van der Waals surface area contributed by atoms with Crippen LogP contribution < -0.4 is 0 Å². The molecule has 0 aromatic carbocycles. The number of hydrogen-bond donors (Lipinski definition) is 3. The van der Waals surface area contributed by atoms with Crippen LogP contribution in [0.3, 0.4) is 0 Å². The molecule has 0 atom stereocenters. The van der Waals surface area contributed by atoms with Crippen molar-refractivity contribution in [3.63, 3.8) is 0 Å². The van der Waals surface area contributed by atoms with Crippen LogP contribution in [-0.2, 0) is 33.4 Å². The van der Waals surface area contributed by atoms with Crippen LogP contribution in [0.4, 0.5) is 0 Å². The topological polar surface area (TPSA) is 171 Å². The summed E-state index contributed by atoms with van der Waals surface area (Å²) in [7, 11) is 0. The van der Waals surface area contributed by atoms with Crippen molar-refractivity contribution >= 4 is 29.8 Å². The predicted molar refractivity (Wildman–Crippen MR) is 78.5 cm³/mol. The van der Waals surface area contributed by atoms with Crippen LogP contribution in [0, 0.1) is 0 Å². The molecular weight excluding hydrogens is 344 g/mol. The number of carboxylic acid groups (broad SMARTS) is 3. The van der Waals surface area contributed by atoms with Gasteiger partial charge >= 0.3 is 29.8 Å². The second-order valence-corrected chi connectivity index (χ2v) is 4.87. The van der Waals surface area contributed by atoms with E-state index in [0.29, 0.717) is 0 Å². The van der Waals surface area contributed by atoms with Crippen molar-refractivity contribution in [3.8, 4) is 0 Å². The molecule has 0 spiro atoms. The van der Waals surface area contributed by atoms with Gasteiger partial charge in [-0.3, -0.25) is 33.8 Å². The first-order chi connectivity index (χ1) is 11.6. The second-order valence-electron chi connectivity index (χ2n) is 4.87. The molecule has 0 aromatic heterocycles. The lowest BCUT2D eigenvalue weighted by molar-refractivity contribution is -0.166. The fraction of sp³-hybridized carbons (Fsp3) is 0.615. The molecule has 25 heavy (non-hydrogen) atoms. The van der Waals surface area contributed by atoms with Gasteiger partial charge in [-0.1, -0.05) is 0 Å². The third kappa shape index (κ3) is 13.4. The number of aliphatic carboxylic acids is 3. The van der Waals surface area contributed by atoms with Gasteiger partial charge in [0.15, 0.2) is 0 Å². The number of ether oxygens (including phenoxy) is 2. The van der Waals surface area contributed by atoms with Crippen molar-refractivity contribution in [2.24, 2.45) is 0 Å². The summed E-state index contributed by atoms with van der Waals surface area (Å²) >= 11 is 0. The quantitative estimate of drug-likeness (QED) is 0.241. The first-order valence-corrected chi connectivity index (χ1v) is 6.99. The third-order valence-electron chi connectivity index (χ3n) is 2.64. The number of carboxylic acids is 3. The summed E-state index contributed by atoms with van der Waals surface area (Å²) in [5.41, 5.74) is 0. The Labute approximate surface area is 142 Å². The Bertz CT molecular complexity index is 491. The molecule has 0 radical (unpaired) electrons. The number of carbonyl (C=O) groups excluding carboxylic acids is 2. The first-order valence-electron chi connectivity index (χ1n) is 6.99. The van der Waals surface area contributed by atoms with Gasteiger partial charge in [0.25, 0.3) is 0 Å². The van der Waals surface area contributed by atoms with E-state index >= 15 is 0 Å². The fourth-order valence-electron chi connectivity index (χ4n) is 1.69. The highest BCUT2D eigenvalue weighted by atomic mass is 16.7. The van der Waals surface area contributed by atoms with Crippen LogP contribution in [0.25, 0.3) is 0 Å². The predicted octanol–water partition coefficient (Wildman–Crippen LogP) is -2.09. The van der Waals surface area contributed by atoms with E-state index in [2.05, 4.69) is 9.47 Å². The molecule has 0 aliphatic rings. The fourth-order valence-corrected chi connectivity index (χ4v) is 1.69. The molecule has 0 saturated heterocycles. The summed E-state index contributed by atoms with van der Waals surface area (Å²) in [6.45, 7) is -1.78. The van der Waals surface area contributed by atoms with E-state index in [-0.39, 0.29) is 13.1 Å². The van der Waals surface area contributed by atoms with Gasteiger partial charge in [-0.15, -0.1) is 0 Å². The van der Waals surface area contributed by atoms with Crippen LogP contribution >= 0.6 is 0 Å². The van der Waals surface area contributed by atoms with Crippen molar-refractivity contribution in [3.05, 3.63) is 0 Å². The number of esters is 2.